The van der Waals surface area contributed by atoms with Crippen molar-refractivity contribution in [3.63, 3.8) is 0 Å². The van der Waals surface area contributed by atoms with Gasteiger partial charge in [-0.05, 0) is 31.9 Å². The molecule has 3 heterocycles. The van der Waals surface area contributed by atoms with Crippen LogP contribution in [0.15, 0.2) is 42.6 Å². The fraction of sp³-hybridized carbons (Fsp3) is 0.440. The third-order valence-electron chi connectivity index (χ3n) is 6.09. The maximum atomic E-state index is 12.6. The normalized spacial score (nSPS) is 19.8. The maximum Gasteiger partial charge on any atom is 0.306 e. The van der Waals surface area contributed by atoms with Crippen LogP contribution in [0.1, 0.15) is 47.5 Å². The number of hydrogen-bond donors (Lipinski definition) is 2. The van der Waals surface area contributed by atoms with Crippen LogP contribution in [0.3, 0.4) is 0 Å². The Morgan fingerprint density at radius 1 is 1.18 bits per heavy atom. The zero-order chi connectivity index (χ0) is 23.4. The first-order valence-electron chi connectivity index (χ1n) is 11.3. The molecule has 3 atom stereocenters. The molecule has 2 N–H and O–H groups in total. The number of pyridine rings is 1. The molecule has 0 aliphatic carbocycles. The van der Waals surface area contributed by atoms with Gasteiger partial charge in [-0.15, -0.1) is 0 Å². The standard InChI is InChI=1S/C25H31N3O5/c1-16-17(2)28-12-11-19-22(25(28)26-16)27-21(18-8-5-4-6-9-18)24(23(19)32-15-14-31-3)33-20(30)10-7-13-29/h4-6,8-9,11-12,21,23-24,27,29H,7,10,13-15H2,1-3H3/t21-,23-,24-/m1/s1. The number of ether oxygens (including phenoxy) is 3. The molecule has 0 saturated carbocycles. The molecular formula is C25H31N3O5. The van der Waals surface area contributed by atoms with Crippen molar-refractivity contribution in [2.24, 2.45) is 0 Å². The number of benzene rings is 1. The van der Waals surface area contributed by atoms with Gasteiger partial charge in [0, 0.05) is 37.6 Å². The lowest BCUT2D eigenvalue weighted by Crippen LogP contribution is -2.41. The number of esters is 1. The Morgan fingerprint density at radius 3 is 2.70 bits per heavy atom. The monoisotopic (exact) mass is 453 g/mol. The quantitative estimate of drug-likeness (QED) is 0.378. The summed E-state index contributed by atoms with van der Waals surface area (Å²) in [4.78, 5) is 17.4. The predicted molar refractivity (Wildman–Crippen MR) is 124 cm³/mol. The topological polar surface area (TPSA) is 94.3 Å². The third-order valence-corrected chi connectivity index (χ3v) is 6.09. The van der Waals surface area contributed by atoms with Gasteiger partial charge in [0.05, 0.1) is 30.6 Å². The van der Waals surface area contributed by atoms with E-state index in [-0.39, 0.29) is 25.0 Å². The first-order chi connectivity index (χ1) is 16.0. The van der Waals surface area contributed by atoms with Gasteiger partial charge in [-0.1, -0.05) is 30.3 Å². The molecule has 8 nitrogen and oxygen atoms in total. The van der Waals surface area contributed by atoms with E-state index in [1.165, 1.54) is 0 Å². The molecule has 0 bridgehead atoms. The first kappa shape index (κ1) is 23.2. The summed E-state index contributed by atoms with van der Waals surface area (Å²) < 4.78 is 19.5. The fourth-order valence-electron chi connectivity index (χ4n) is 4.27. The predicted octanol–water partition coefficient (Wildman–Crippen LogP) is 3.51. The lowest BCUT2D eigenvalue weighted by Gasteiger charge is -2.40. The number of nitrogens with one attached hydrogen (secondary N) is 1. The number of rotatable bonds is 9. The van der Waals surface area contributed by atoms with Crippen LogP contribution in [-0.4, -0.2) is 53.5 Å². The fourth-order valence-corrected chi connectivity index (χ4v) is 4.27. The molecule has 0 amide bonds. The van der Waals surface area contributed by atoms with Crippen LogP contribution in [0.25, 0.3) is 5.65 Å². The molecule has 0 fully saturated rings. The average molecular weight is 454 g/mol. The van der Waals surface area contributed by atoms with Crippen molar-refractivity contribution >= 4 is 17.3 Å². The number of aromatic nitrogens is 2. The summed E-state index contributed by atoms with van der Waals surface area (Å²) in [5.74, 6) is -0.367. The van der Waals surface area contributed by atoms with Gasteiger partial charge in [-0.25, -0.2) is 4.98 Å². The number of aryl methyl sites for hydroxylation is 2. The van der Waals surface area contributed by atoms with Crippen LogP contribution in [-0.2, 0) is 19.0 Å². The number of nitrogens with zero attached hydrogens (tertiary/aromatic N) is 2. The summed E-state index contributed by atoms with van der Waals surface area (Å²) in [6.45, 7) is 4.74. The van der Waals surface area contributed by atoms with Crippen molar-refractivity contribution in [3.8, 4) is 0 Å². The summed E-state index contributed by atoms with van der Waals surface area (Å²) in [5, 5.41) is 12.7. The molecule has 1 aromatic carbocycles. The Bertz CT molecular complexity index is 1100. The molecule has 0 radical (unpaired) electrons. The second kappa shape index (κ2) is 10.3. The number of hydrogen-bond acceptors (Lipinski definition) is 7. The number of carbonyl (C=O) groups is 1. The molecular weight excluding hydrogens is 422 g/mol. The number of aliphatic hydroxyl groups is 1. The Hall–Kier alpha value is -2.94. The van der Waals surface area contributed by atoms with Gasteiger partial charge in [0.25, 0.3) is 0 Å². The lowest BCUT2D eigenvalue weighted by atomic mass is 9.88. The van der Waals surface area contributed by atoms with Gasteiger partial charge in [-0.3, -0.25) is 4.79 Å². The van der Waals surface area contributed by atoms with Gasteiger partial charge >= 0.3 is 5.97 Å². The van der Waals surface area contributed by atoms with Gasteiger partial charge in [-0.2, -0.15) is 0 Å². The number of anilines is 1. The molecule has 4 rings (SSSR count). The van der Waals surface area contributed by atoms with Crippen LogP contribution < -0.4 is 5.32 Å². The summed E-state index contributed by atoms with van der Waals surface area (Å²) in [6.07, 6.45) is 1.35. The van der Waals surface area contributed by atoms with E-state index in [0.29, 0.717) is 19.6 Å². The Labute approximate surface area is 193 Å². The molecule has 0 spiro atoms. The van der Waals surface area contributed by atoms with Crippen LogP contribution in [0.2, 0.25) is 0 Å². The molecule has 0 unspecified atom stereocenters. The van der Waals surface area contributed by atoms with Crippen molar-refractivity contribution < 1.29 is 24.1 Å². The minimum atomic E-state index is -0.609. The zero-order valence-corrected chi connectivity index (χ0v) is 19.3. The molecule has 0 saturated heterocycles. The van der Waals surface area contributed by atoms with Gasteiger partial charge in [0.2, 0.25) is 0 Å². The Balaban J connectivity index is 1.81. The van der Waals surface area contributed by atoms with E-state index in [4.69, 9.17) is 24.3 Å². The van der Waals surface area contributed by atoms with Gasteiger partial charge in [0.15, 0.2) is 11.8 Å². The molecule has 1 aliphatic rings. The molecule has 1 aliphatic heterocycles. The first-order valence-corrected chi connectivity index (χ1v) is 11.3. The third kappa shape index (κ3) is 4.73. The second-order valence-corrected chi connectivity index (χ2v) is 8.22. The summed E-state index contributed by atoms with van der Waals surface area (Å²) in [6, 6.07) is 11.5. The largest absolute Gasteiger partial charge is 0.457 e. The van der Waals surface area contributed by atoms with Crippen molar-refractivity contribution in [3.05, 3.63) is 65.1 Å². The number of methoxy groups -OCH3 is 1. The van der Waals surface area contributed by atoms with E-state index in [1.54, 1.807) is 7.11 Å². The molecule has 2 aromatic heterocycles. The molecule has 33 heavy (non-hydrogen) atoms. The average Bonchev–Trinajstić information content (AvgIpc) is 3.13. The van der Waals surface area contributed by atoms with E-state index >= 15 is 0 Å². The van der Waals surface area contributed by atoms with E-state index < -0.39 is 12.2 Å². The van der Waals surface area contributed by atoms with Crippen LogP contribution >= 0.6 is 0 Å². The Kier molecular flexibility index (Phi) is 7.27. The van der Waals surface area contributed by atoms with Crippen molar-refractivity contribution in [2.75, 3.05) is 32.2 Å². The number of aliphatic hydroxyl groups excluding tert-OH is 1. The minimum absolute atomic E-state index is 0.0622. The summed E-state index contributed by atoms with van der Waals surface area (Å²) in [5.41, 5.74) is 5.57. The van der Waals surface area contributed by atoms with Crippen LogP contribution in [0.5, 0.6) is 0 Å². The highest BCUT2D eigenvalue weighted by atomic mass is 16.6. The smallest absolute Gasteiger partial charge is 0.306 e. The van der Waals surface area contributed by atoms with Gasteiger partial charge in [0.1, 0.15) is 6.10 Å². The van der Waals surface area contributed by atoms with Crippen LogP contribution in [0, 0.1) is 13.8 Å². The summed E-state index contributed by atoms with van der Waals surface area (Å²) >= 11 is 0. The molecule has 3 aromatic rings. The number of imidazole rings is 1. The highest BCUT2D eigenvalue weighted by Crippen LogP contribution is 2.44. The summed E-state index contributed by atoms with van der Waals surface area (Å²) in [7, 11) is 1.62. The highest BCUT2D eigenvalue weighted by Gasteiger charge is 2.42. The number of fused-ring (bicyclic) bond motifs is 3. The van der Waals surface area contributed by atoms with Crippen molar-refractivity contribution in [2.45, 2.75) is 44.9 Å². The highest BCUT2D eigenvalue weighted by molar-refractivity contribution is 5.76. The maximum absolute atomic E-state index is 12.6. The van der Waals surface area contributed by atoms with Gasteiger partial charge < -0.3 is 29.0 Å². The molecule has 176 valence electrons. The van der Waals surface area contributed by atoms with Crippen LogP contribution in [0.4, 0.5) is 5.69 Å². The van der Waals surface area contributed by atoms with Crippen molar-refractivity contribution in [1.82, 2.24) is 9.38 Å². The molecule has 8 heteroatoms. The zero-order valence-electron chi connectivity index (χ0n) is 19.3. The van der Waals surface area contributed by atoms with Crippen molar-refractivity contribution in [1.29, 1.82) is 0 Å². The minimum Gasteiger partial charge on any atom is -0.457 e. The van der Waals surface area contributed by atoms with E-state index in [9.17, 15) is 4.79 Å². The van der Waals surface area contributed by atoms with E-state index in [0.717, 1.165) is 33.8 Å². The van der Waals surface area contributed by atoms with E-state index in [1.807, 2.05) is 56.4 Å². The lowest BCUT2D eigenvalue weighted by molar-refractivity contribution is -0.161. The van der Waals surface area contributed by atoms with E-state index in [2.05, 4.69) is 9.72 Å². The Morgan fingerprint density at radius 2 is 1.97 bits per heavy atom. The SMILES string of the molecule is COCCO[C@@H]1c2ccn3c(C)c(C)nc3c2N[C@H](c2ccccc2)[C@H]1OC(=O)CCCO. The number of carbonyl (C=O) groups excluding carboxylic acids is 1. The second-order valence-electron chi connectivity index (χ2n) is 8.22.